The van der Waals surface area contributed by atoms with Crippen LogP contribution in [0.15, 0.2) is 60.8 Å². The third-order valence-corrected chi connectivity index (χ3v) is 3.89. The van der Waals surface area contributed by atoms with Crippen molar-refractivity contribution in [3.63, 3.8) is 0 Å². The third-order valence-electron chi connectivity index (χ3n) is 3.89. The summed E-state index contributed by atoms with van der Waals surface area (Å²) >= 11 is 0. The monoisotopic (exact) mass is 449 g/mol. The largest absolute Gasteiger partial charge is 0.454 e. The molecule has 0 bridgehead atoms. The van der Waals surface area contributed by atoms with Crippen LogP contribution >= 0.6 is 0 Å². The van der Waals surface area contributed by atoms with Gasteiger partial charge in [-0.15, -0.1) is 0 Å². The molecule has 3 N–H and O–H groups in total. The number of benzene rings is 2. The predicted octanol–water partition coefficient (Wildman–Crippen LogP) is 2.90. The number of hydrogen-bond acceptors (Lipinski definition) is 6. The molecule has 0 unspecified atom stereocenters. The Morgan fingerprint density at radius 1 is 1.00 bits per heavy atom. The number of halogens is 3. The van der Waals surface area contributed by atoms with E-state index >= 15 is 0 Å². The Morgan fingerprint density at radius 2 is 1.66 bits per heavy atom. The summed E-state index contributed by atoms with van der Waals surface area (Å²) < 4.78 is 41.6. The van der Waals surface area contributed by atoms with Crippen LogP contribution in [0.4, 0.5) is 24.5 Å². The summed E-state index contributed by atoms with van der Waals surface area (Å²) in [6.07, 6.45) is -3.98. The van der Waals surface area contributed by atoms with Gasteiger partial charge < -0.3 is 20.7 Å². The molecular formula is C21H18F3N3O5. The van der Waals surface area contributed by atoms with E-state index in [1.165, 1.54) is 55.6 Å². The van der Waals surface area contributed by atoms with Crippen molar-refractivity contribution in [2.75, 3.05) is 24.3 Å². The minimum absolute atomic E-state index is 0.0562. The number of rotatable bonds is 8. The lowest BCUT2D eigenvalue weighted by Crippen LogP contribution is -2.22. The zero-order valence-electron chi connectivity index (χ0n) is 16.7. The van der Waals surface area contributed by atoms with Gasteiger partial charge in [0.25, 0.3) is 17.6 Å². The molecule has 0 aliphatic heterocycles. The lowest BCUT2D eigenvalue weighted by Gasteiger charge is -2.10. The molecule has 0 fully saturated rings. The summed E-state index contributed by atoms with van der Waals surface area (Å²) in [7, 11) is 1.48. The SMILES string of the molecule is CNC(=O)c1ccc(NC(=O)COC(=O)c2ccccc2N/C=C/C(=O)C(F)(F)F)cc1. The Bertz CT molecular complexity index is 1030. The highest BCUT2D eigenvalue weighted by atomic mass is 19.4. The number of allylic oxidation sites excluding steroid dienone is 1. The molecule has 0 saturated carbocycles. The van der Waals surface area contributed by atoms with E-state index in [9.17, 15) is 32.3 Å². The van der Waals surface area contributed by atoms with Crippen molar-refractivity contribution < 1.29 is 37.1 Å². The number of esters is 1. The Morgan fingerprint density at radius 3 is 2.28 bits per heavy atom. The molecule has 2 amide bonds. The van der Waals surface area contributed by atoms with Crippen LogP contribution in [0, 0.1) is 0 Å². The van der Waals surface area contributed by atoms with E-state index in [2.05, 4.69) is 16.0 Å². The molecule has 168 valence electrons. The van der Waals surface area contributed by atoms with Crippen molar-refractivity contribution in [1.82, 2.24) is 5.32 Å². The number of amides is 2. The highest BCUT2D eigenvalue weighted by molar-refractivity contribution is 5.99. The second-order valence-corrected chi connectivity index (χ2v) is 6.17. The maximum absolute atomic E-state index is 12.3. The van der Waals surface area contributed by atoms with Gasteiger partial charge in [-0.3, -0.25) is 14.4 Å². The summed E-state index contributed by atoms with van der Waals surface area (Å²) in [4.78, 5) is 46.6. The number of hydrogen-bond donors (Lipinski definition) is 3. The number of carbonyl (C=O) groups excluding carboxylic acids is 4. The van der Waals surface area contributed by atoms with Gasteiger partial charge in [0.15, 0.2) is 6.61 Å². The normalized spacial score (nSPS) is 11.0. The predicted molar refractivity (Wildman–Crippen MR) is 109 cm³/mol. The van der Waals surface area contributed by atoms with Crippen LogP contribution in [-0.4, -0.2) is 43.4 Å². The molecule has 0 spiro atoms. The standard InChI is InChI=1S/C21H18F3N3O5/c1-25-19(30)13-6-8-14(9-7-13)27-18(29)12-32-20(31)15-4-2-3-5-16(15)26-11-10-17(28)21(22,23)24/h2-11,26H,12H2,1H3,(H,25,30)(H,27,29)/b11-10+. The second kappa shape index (κ2) is 10.8. The van der Waals surface area contributed by atoms with Crippen molar-refractivity contribution >= 4 is 34.9 Å². The highest BCUT2D eigenvalue weighted by Gasteiger charge is 2.36. The maximum Gasteiger partial charge on any atom is 0.454 e. The number of para-hydroxylation sites is 1. The van der Waals surface area contributed by atoms with Gasteiger partial charge >= 0.3 is 12.1 Å². The topological polar surface area (TPSA) is 114 Å². The third kappa shape index (κ3) is 6.97. The fourth-order valence-corrected chi connectivity index (χ4v) is 2.34. The molecule has 32 heavy (non-hydrogen) atoms. The van der Waals surface area contributed by atoms with Gasteiger partial charge in [0.05, 0.1) is 11.3 Å². The molecule has 2 rings (SSSR count). The first-order valence-corrected chi connectivity index (χ1v) is 9.04. The van der Waals surface area contributed by atoms with Crippen molar-refractivity contribution in [2.45, 2.75) is 6.18 Å². The minimum atomic E-state index is -5.01. The molecule has 0 atom stereocenters. The summed E-state index contributed by atoms with van der Waals surface area (Å²) in [6, 6.07) is 11.7. The molecule has 0 aromatic heterocycles. The number of ketones is 1. The van der Waals surface area contributed by atoms with E-state index in [1.54, 1.807) is 0 Å². The minimum Gasteiger partial charge on any atom is -0.452 e. The quantitative estimate of drug-likeness (QED) is 0.422. The van der Waals surface area contributed by atoms with Crippen LogP contribution in [0.2, 0.25) is 0 Å². The second-order valence-electron chi connectivity index (χ2n) is 6.17. The highest BCUT2D eigenvalue weighted by Crippen LogP contribution is 2.18. The average molecular weight is 449 g/mol. The maximum atomic E-state index is 12.3. The van der Waals surface area contributed by atoms with Crippen LogP contribution in [0.1, 0.15) is 20.7 Å². The molecule has 0 radical (unpaired) electrons. The summed E-state index contributed by atoms with van der Waals surface area (Å²) in [5.41, 5.74) is 0.792. The zero-order valence-corrected chi connectivity index (χ0v) is 16.7. The van der Waals surface area contributed by atoms with Gasteiger partial charge in [-0.25, -0.2) is 4.79 Å². The lowest BCUT2D eigenvalue weighted by atomic mass is 10.2. The summed E-state index contributed by atoms with van der Waals surface area (Å²) in [5.74, 6) is -3.91. The fourth-order valence-electron chi connectivity index (χ4n) is 2.34. The molecule has 0 saturated heterocycles. The van der Waals surface area contributed by atoms with E-state index < -0.39 is 30.4 Å². The van der Waals surface area contributed by atoms with Gasteiger partial charge in [-0.2, -0.15) is 13.2 Å². The van der Waals surface area contributed by atoms with E-state index in [1.807, 2.05) is 0 Å². The number of carbonyl (C=O) groups is 4. The Hall–Kier alpha value is -4.15. The number of nitrogens with one attached hydrogen (secondary N) is 3. The van der Waals surface area contributed by atoms with Crippen LogP contribution < -0.4 is 16.0 Å². The molecule has 0 aliphatic carbocycles. The van der Waals surface area contributed by atoms with Crippen molar-refractivity contribution in [2.24, 2.45) is 0 Å². The van der Waals surface area contributed by atoms with Crippen LogP contribution in [0.5, 0.6) is 0 Å². The first kappa shape index (κ1) is 24.1. The molecule has 2 aromatic carbocycles. The summed E-state index contributed by atoms with van der Waals surface area (Å²) in [6.45, 7) is -0.632. The molecular weight excluding hydrogens is 431 g/mol. The number of anilines is 2. The van der Waals surface area contributed by atoms with E-state index in [0.29, 0.717) is 11.3 Å². The molecule has 8 nitrogen and oxygen atoms in total. The van der Waals surface area contributed by atoms with Gasteiger partial charge in [0.1, 0.15) is 0 Å². The van der Waals surface area contributed by atoms with Crippen molar-refractivity contribution in [3.8, 4) is 0 Å². The number of alkyl halides is 3. The van der Waals surface area contributed by atoms with Crippen molar-refractivity contribution in [3.05, 3.63) is 71.9 Å². The number of ether oxygens (including phenoxy) is 1. The molecule has 0 heterocycles. The van der Waals surface area contributed by atoms with Crippen molar-refractivity contribution in [1.29, 1.82) is 0 Å². The molecule has 2 aromatic rings. The zero-order chi connectivity index (χ0) is 23.7. The average Bonchev–Trinajstić information content (AvgIpc) is 2.77. The van der Waals surface area contributed by atoms with Crippen LogP contribution in [-0.2, 0) is 14.3 Å². The van der Waals surface area contributed by atoms with Crippen LogP contribution in [0.3, 0.4) is 0 Å². The van der Waals surface area contributed by atoms with E-state index in [-0.39, 0.29) is 23.2 Å². The summed E-state index contributed by atoms with van der Waals surface area (Å²) in [5, 5.41) is 7.36. The van der Waals surface area contributed by atoms with Gasteiger partial charge in [-0.1, -0.05) is 12.1 Å². The first-order valence-electron chi connectivity index (χ1n) is 9.04. The van der Waals surface area contributed by atoms with E-state index in [4.69, 9.17) is 4.74 Å². The molecule has 11 heteroatoms. The smallest absolute Gasteiger partial charge is 0.452 e. The Balaban J connectivity index is 1.94. The lowest BCUT2D eigenvalue weighted by molar-refractivity contribution is -0.165. The fraction of sp³-hybridized carbons (Fsp3) is 0.143. The Kier molecular flexibility index (Phi) is 8.11. The Labute approximate surface area is 180 Å². The van der Waals surface area contributed by atoms with Gasteiger partial charge in [0.2, 0.25) is 0 Å². The first-order chi connectivity index (χ1) is 15.1. The van der Waals surface area contributed by atoms with Gasteiger partial charge in [-0.05, 0) is 36.4 Å². The van der Waals surface area contributed by atoms with E-state index in [0.717, 1.165) is 6.20 Å². The van der Waals surface area contributed by atoms with Crippen LogP contribution in [0.25, 0.3) is 0 Å². The molecule has 0 aliphatic rings. The van der Waals surface area contributed by atoms with Gasteiger partial charge in [0, 0.05) is 30.6 Å².